The van der Waals surface area contributed by atoms with E-state index < -0.39 is 5.41 Å². The predicted molar refractivity (Wildman–Crippen MR) is 289 cm³/mol. The summed E-state index contributed by atoms with van der Waals surface area (Å²) in [5, 5.41) is 2.46. The maximum Gasteiger partial charge on any atom is 0.0719 e. The quantitative estimate of drug-likeness (QED) is 0.140. The molecule has 0 unspecified atom stereocenters. The molecule has 0 saturated heterocycles. The molecule has 0 radical (unpaired) electrons. The van der Waals surface area contributed by atoms with Crippen molar-refractivity contribution < 1.29 is 0 Å². The van der Waals surface area contributed by atoms with Crippen molar-refractivity contribution in [1.29, 1.82) is 0 Å². The number of benzene rings is 11. The van der Waals surface area contributed by atoms with Gasteiger partial charge in [-0.1, -0.05) is 206 Å². The molecular formula is C67H46N2. The van der Waals surface area contributed by atoms with Gasteiger partial charge in [-0.25, -0.2) is 0 Å². The van der Waals surface area contributed by atoms with Gasteiger partial charge in [-0.15, -0.1) is 0 Å². The second-order valence-corrected chi connectivity index (χ2v) is 18.0. The highest BCUT2D eigenvalue weighted by atomic mass is 15.1. The van der Waals surface area contributed by atoms with Gasteiger partial charge in [-0.05, 0) is 140 Å². The van der Waals surface area contributed by atoms with E-state index in [2.05, 4.69) is 289 Å². The number of fused-ring (bicyclic) bond motifs is 6. The van der Waals surface area contributed by atoms with Gasteiger partial charge in [-0.2, -0.15) is 0 Å². The maximum atomic E-state index is 2.45. The van der Waals surface area contributed by atoms with E-state index in [4.69, 9.17) is 0 Å². The van der Waals surface area contributed by atoms with Crippen LogP contribution in [0.4, 0.5) is 17.1 Å². The normalized spacial score (nSPS) is 12.5. The third-order valence-electron chi connectivity index (χ3n) is 14.2. The number of anilines is 3. The Morgan fingerprint density at radius 3 is 1.49 bits per heavy atom. The van der Waals surface area contributed by atoms with E-state index in [0.29, 0.717) is 0 Å². The molecule has 69 heavy (non-hydrogen) atoms. The number of hydrogen-bond acceptors (Lipinski definition) is 1. The van der Waals surface area contributed by atoms with Crippen molar-refractivity contribution in [3.63, 3.8) is 0 Å². The van der Waals surface area contributed by atoms with Gasteiger partial charge < -0.3 is 9.47 Å². The number of rotatable bonds is 9. The Bertz CT molecular complexity index is 3740. The van der Waals surface area contributed by atoms with Gasteiger partial charge in [0.05, 0.1) is 16.4 Å². The van der Waals surface area contributed by atoms with E-state index in [1.165, 1.54) is 88.6 Å². The molecule has 2 heteroatoms. The fraction of sp³-hybridized carbons (Fsp3) is 0.0149. The van der Waals surface area contributed by atoms with Gasteiger partial charge in [0, 0.05) is 33.5 Å². The van der Waals surface area contributed by atoms with Crippen molar-refractivity contribution in [2.75, 3.05) is 4.90 Å². The van der Waals surface area contributed by atoms with Crippen LogP contribution in [0.1, 0.15) is 22.3 Å². The summed E-state index contributed by atoms with van der Waals surface area (Å²) in [7, 11) is 0. The molecule has 0 spiro atoms. The fourth-order valence-electron chi connectivity index (χ4n) is 11.3. The van der Waals surface area contributed by atoms with Crippen LogP contribution in [0, 0.1) is 0 Å². The Morgan fingerprint density at radius 2 is 0.783 bits per heavy atom. The summed E-state index contributed by atoms with van der Waals surface area (Å²) < 4.78 is 2.45. The molecule has 0 amide bonds. The van der Waals surface area contributed by atoms with E-state index in [1.54, 1.807) is 0 Å². The lowest BCUT2D eigenvalue weighted by molar-refractivity contribution is 0.770. The van der Waals surface area contributed by atoms with Crippen LogP contribution in [0.3, 0.4) is 0 Å². The SMILES string of the molecule is c1ccc(N(c2ccccc2)c2ccc(-c3cccc(-c4ccc5c(c4)c4ccccc4n5-c4cccc(-c5cccc6c5C(c5ccccc5)(c5ccccc5)c5ccccc5-6)c4)c3)cc2)cc1. The molecule has 324 valence electrons. The largest absolute Gasteiger partial charge is 0.311 e. The van der Waals surface area contributed by atoms with E-state index in [1.807, 2.05) is 0 Å². The molecule has 1 aliphatic rings. The van der Waals surface area contributed by atoms with Gasteiger partial charge in [0.15, 0.2) is 0 Å². The summed E-state index contributed by atoms with van der Waals surface area (Å²) in [6.07, 6.45) is 0. The molecule has 0 aliphatic heterocycles. The molecule has 1 aromatic heterocycles. The Hall–Kier alpha value is -8.98. The van der Waals surface area contributed by atoms with Crippen molar-refractivity contribution in [3.8, 4) is 50.2 Å². The molecule has 2 nitrogen and oxygen atoms in total. The molecule has 0 saturated carbocycles. The van der Waals surface area contributed by atoms with Crippen LogP contribution >= 0.6 is 0 Å². The van der Waals surface area contributed by atoms with Gasteiger partial charge in [0.2, 0.25) is 0 Å². The van der Waals surface area contributed by atoms with Crippen LogP contribution in [0.2, 0.25) is 0 Å². The van der Waals surface area contributed by atoms with Crippen molar-refractivity contribution >= 4 is 38.9 Å². The minimum Gasteiger partial charge on any atom is -0.311 e. The second kappa shape index (κ2) is 16.7. The van der Waals surface area contributed by atoms with Crippen LogP contribution < -0.4 is 4.90 Å². The minimum atomic E-state index is -0.503. The summed E-state index contributed by atoms with van der Waals surface area (Å²) in [6, 6.07) is 102. The van der Waals surface area contributed by atoms with Gasteiger partial charge in [0.25, 0.3) is 0 Å². The first kappa shape index (κ1) is 40.3. The fourth-order valence-corrected chi connectivity index (χ4v) is 11.3. The van der Waals surface area contributed by atoms with Gasteiger partial charge >= 0.3 is 0 Å². The molecule has 0 bridgehead atoms. The van der Waals surface area contributed by atoms with Crippen LogP contribution in [-0.4, -0.2) is 4.57 Å². The van der Waals surface area contributed by atoms with E-state index in [9.17, 15) is 0 Å². The number of aromatic nitrogens is 1. The Kier molecular flexibility index (Phi) is 9.77. The topological polar surface area (TPSA) is 8.17 Å². The summed E-state index contributed by atoms with van der Waals surface area (Å²) in [4.78, 5) is 2.30. The molecule has 0 N–H and O–H groups in total. The van der Waals surface area contributed by atoms with E-state index in [0.717, 1.165) is 22.7 Å². The maximum absolute atomic E-state index is 2.45. The van der Waals surface area contributed by atoms with Crippen molar-refractivity contribution in [2.24, 2.45) is 0 Å². The molecule has 1 heterocycles. The average molecular weight is 879 g/mol. The number of nitrogens with zero attached hydrogens (tertiary/aromatic N) is 2. The zero-order valence-corrected chi connectivity index (χ0v) is 38.0. The summed E-state index contributed by atoms with van der Waals surface area (Å²) in [6.45, 7) is 0. The minimum absolute atomic E-state index is 0.503. The highest BCUT2D eigenvalue weighted by Gasteiger charge is 2.47. The lowest BCUT2D eigenvalue weighted by Gasteiger charge is -2.35. The zero-order valence-electron chi connectivity index (χ0n) is 38.0. The number of hydrogen-bond donors (Lipinski definition) is 0. The summed E-state index contributed by atoms with van der Waals surface area (Å²) >= 11 is 0. The molecule has 0 atom stereocenters. The van der Waals surface area contributed by atoms with Crippen molar-refractivity contribution in [1.82, 2.24) is 4.57 Å². The summed E-state index contributed by atoms with van der Waals surface area (Å²) in [5.74, 6) is 0. The molecular weight excluding hydrogens is 833 g/mol. The van der Waals surface area contributed by atoms with Crippen molar-refractivity contribution in [3.05, 3.63) is 301 Å². The zero-order chi connectivity index (χ0) is 45.7. The van der Waals surface area contributed by atoms with Gasteiger partial charge in [-0.3, -0.25) is 0 Å². The standard InChI is InChI=1S/C67H46N2/c1-5-23-52(24-6-1)67(53-25-7-2-8-26-53)63-36-15-13-32-59(63)61-35-19-34-58(66(61)67)51-22-18-31-57(45-51)69-64-37-16-14-33-60(64)62-46-50(40-43-65(62)69)49-21-17-20-48(44-49)47-38-41-56(42-39-47)68(54-27-9-3-10-28-54)55-29-11-4-12-30-55/h1-46H. The monoisotopic (exact) mass is 878 g/mol. The van der Waals surface area contributed by atoms with Crippen LogP contribution in [0.25, 0.3) is 72.0 Å². The lowest BCUT2D eigenvalue weighted by atomic mass is 9.66. The second-order valence-electron chi connectivity index (χ2n) is 18.0. The van der Waals surface area contributed by atoms with Crippen LogP contribution in [0.15, 0.2) is 279 Å². The first-order valence-electron chi connectivity index (χ1n) is 23.8. The van der Waals surface area contributed by atoms with Crippen molar-refractivity contribution in [2.45, 2.75) is 5.41 Å². The first-order valence-corrected chi connectivity index (χ1v) is 23.8. The van der Waals surface area contributed by atoms with Gasteiger partial charge in [0.1, 0.15) is 0 Å². The molecule has 12 aromatic rings. The predicted octanol–water partition coefficient (Wildman–Crippen LogP) is 17.6. The highest BCUT2D eigenvalue weighted by Crippen LogP contribution is 2.58. The van der Waals surface area contributed by atoms with Crippen LogP contribution in [-0.2, 0) is 5.41 Å². The lowest BCUT2D eigenvalue weighted by Crippen LogP contribution is -2.29. The molecule has 11 aromatic carbocycles. The first-order chi connectivity index (χ1) is 34.2. The molecule has 1 aliphatic carbocycles. The smallest absolute Gasteiger partial charge is 0.0719 e. The third kappa shape index (κ3) is 6.64. The average Bonchev–Trinajstić information content (AvgIpc) is 3.93. The highest BCUT2D eigenvalue weighted by molar-refractivity contribution is 6.10. The van der Waals surface area contributed by atoms with Crippen LogP contribution in [0.5, 0.6) is 0 Å². The Balaban J connectivity index is 0.898. The third-order valence-corrected chi connectivity index (χ3v) is 14.2. The number of para-hydroxylation sites is 3. The molecule has 0 fully saturated rings. The Morgan fingerprint density at radius 1 is 0.290 bits per heavy atom. The summed E-state index contributed by atoms with van der Waals surface area (Å²) in [5.41, 5.74) is 21.3. The Labute approximate surface area is 403 Å². The molecule has 13 rings (SSSR count). The van der Waals surface area contributed by atoms with E-state index in [-0.39, 0.29) is 0 Å². The van der Waals surface area contributed by atoms with E-state index >= 15 is 0 Å².